The number of methoxy groups -OCH3 is 1. The first-order chi connectivity index (χ1) is 12.4. The van der Waals surface area contributed by atoms with Gasteiger partial charge in [0.15, 0.2) is 4.80 Å². The first kappa shape index (κ1) is 18.1. The zero-order chi connectivity index (χ0) is 18.8. The number of rotatable bonds is 3. The van der Waals surface area contributed by atoms with Crippen molar-refractivity contribution >= 4 is 33.4 Å². The van der Waals surface area contributed by atoms with Crippen LogP contribution in [0, 0.1) is 20.8 Å². The number of ether oxygens (including phenoxy) is 1. The maximum Gasteiger partial charge on any atom is 0.325 e. The van der Waals surface area contributed by atoms with Crippen molar-refractivity contribution in [3.8, 4) is 0 Å². The minimum atomic E-state index is -0.381. The summed E-state index contributed by atoms with van der Waals surface area (Å²) in [4.78, 5) is 29.4. The summed E-state index contributed by atoms with van der Waals surface area (Å²) in [6.07, 6.45) is 0. The van der Waals surface area contributed by atoms with Crippen LogP contribution >= 0.6 is 11.3 Å². The van der Waals surface area contributed by atoms with E-state index in [1.807, 2.05) is 45.0 Å². The summed E-state index contributed by atoms with van der Waals surface area (Å²) in [5.41, 5.74) is 4.49. The molecule has 134 valence electrons. The number of hydrogen-bond donors (Lipinski definition) is 0. The molecule has 0 N–H and O–H groups in total. The monoisotopic (exact) mass is 368 g/mol. The highest BCUT2D eigenvalue weighted by Gasteiger charge is 2.14. The van der Waals surface area contributed by atoms with Crippen molar-refractivity contribution in [2.75, 3.05) is 7.11 Å². The Balaban J connectivity index is 2.22. The van der Waals surface area contributed by atoms with Crippen molar-refractivity contribution in [2.45, 2.75) is 27.3 Å². The van der Waals surface area contributed by atoms with Gasteiger partial charge in [0.05, 0.1) is 17.3 Å². The fraction of sp³-hybridized carbons (Fsp3) is 0.250. The zero-order valence-corrected chi connectivity index (χ0v) is 16.0. The molecule has 1 heterocycles. The van der Waals surface area contributed by atoms with Crippen LogP contribution in [0.25, 0.3) is 10.2 Å². The summed E-state index contributed by atoms with van der Waals surface area (Å²) in [6, 6.07) is 11.4. The van der Waals surface area contributed by atoms with Crippen molar-refractivity contribution in [3.63, 3.8) is 0 Å². The Labute approximate surface area is 155 Å². The molecular formula is C20H20N2O3S. The predicted octanol–water partition coefficient (Wildman–Crippen LogP) is 3.54. The Morgan fingerprint density at radius 3 is 2.54 bits per heavy atom. The van der Waals surface area contributed by atoms with E-state index in [4.69, 9.17) is 4.74 Å². The minimum Gasteiger partial charge on any atom is -0.468 e. The quantitative estimate of drug-likeness (QED) is 0.664. The number of aromatic nitrogens is 1. The molecule has 0 unspecified atom stereocenters. The molecule has 6 heteroatoms. The second-order valence-corrected chi connectivity index (χ2v) is 7.19. The Kier molecular flexibility index (Phi) is 5.04. The Morgan fingerprint density at radius 1 is 1.12 bits per heavy atom. The molecule has 0 fully saturated rings. The summed E-state index contributed by atoms with van der Waals surface area (Å²) in [6.45, 7) is 5.91. The zero-order valence-electron chi connectivity index (χ0n) is 15.2. The highest BCUT2D eigenvalue weighted by Crippen LogP contribution is 2.23. The lowest BCUT2D eigenvalue weighted by molar-refractivity contribution is -0.141. The Morgan fingerprint density at radius 2 is 1.85 bits per heavy atom. The molecule has 26 heavy (non-hydrogen) atoms. The summed E-state index contributed by atoms with van der Waals surface area (Å²) in [5, 5.41) is 0. The minimum absolute atomic E-state index is 0.0132. The molecule has 1 aromatic heterocycles. The number of aryl methyl sites for hydroxylation is 3. The number of amides is 1. The second-order valence-electron chi connectivity index (χ2n) is 6.21. The van der Waals surface area contributed by atoms with Crippen molar-refractivity contribution in [1.29, 1.82) is 0 Å². The van der Waals surface area contributed by atoms with E-state index >= 15 is 0 Å². The number of carbonyl (C=O) groups is 2. The van der Waals surface area contributed by atoms with E-state index in [0.717, 1.165) is 26.9 Å². The van der Waals surface area contributed by atoms with E-state index in [2.05, 4.69) is 11.1 Å². The average Bonchev–Trinajstić information content (AvgIpc) is 2.93. The SMILES string of the molecule is COC(=O)Cn1c(=NC(=O)c2ccccc2C)sc2c(C)cc(C)cc21. The fourth-order valence-electron chi connectivity index (χ4n) is 2.90. The summed E-state index contributed by atoms with van der Waals surface area (Å²) in [5.74, 6) is -0.698. The predicted molar refractivity (Wildman–Crippen MR) is 102 cm³/mol. The van der Waals surface area contributed by atoms with Gasteiger partial charge in [-0.25, -0.2) is 0 Å². The molecule has 0 saturated carbocycles. The number of carbonyl (C=O) groups excluding carboxylic acids is 2. The largest absolute Gasteiger partial charge is 0.468 e. The third-order valence-corrected chi connectivity index (χ3v) is 5.43. The van der Waals surface area contributed by atoms with E-state index in [1.165, 1.54) is 18.4 Å². The topological polar surface area (TPSA) is 60.7 Å². The van der Waals surface area contributed by atoms with E-state index < -0.39 is 0 Å². The number of fused-ring (bicyclic) bond motifs is 1. The van der Waals surface area contributed by atoms with Gasteiger partial charge in [0, 0.05) is 5.56 Å². The standard InChI is InChI=1S/C20H20N2O3S/c1-12-9-14(3)18-16(10-12)22(11-17(23)25-4)20(26-18)21-19(24)15-8-6-5-7-13(15)2/h5-10H,11H2,1-4H3. The van der Waals surface area contributed by atoms with E-state index in [1.54, 1.807) is 10.6 Å². The molecule has 0 spiro atoms. The van der Waals surface area contributed by atoms with Crippen LogP contribution in [0.4, 0.5) is 0 Å². The molecule has 0 saturated heterocycles. The van der Waals surface area contributed by atoms with Crippen molar-refractivity contribution in [3.05, 3.63) is 63.5 Å². The molecular weight excluding hydrogens is 348 g/mol. The van der Waals surface area contributed by atoms with Crippen molar-refractivity contribution < 1.29 is 14.3 Å². The van der Waals surface area contributed by atoms with Gasteiger partial charge >= 0.3 is 5.97 Å². The first-order valence-corrected chi connectivity index (χ1v) is 9.04. The first-order valence-electron chi connectivity index (χ1n) is 8.23. The van der Waals surface area contributed by atoms with Crippen LogP contribution in [0.15, 0.2) is 41.4 Å². The van der Waals surface area contributed by atoms with Crippen LogP contribution in [0.5, 0.6) is 0 Å². The molecule has 5 nitrogen and oxygen atoms in total. The van der Waals surface area contributed by atoms with Crippen molar-refractivity contribution in [1.82, 2.24) is 4.57 Å². The maximum absolute atomic E-state index is 12.7. The number of hydrogen-bond acceptors (Lipinski definition) is 4. The Hall–Kier alpha value is -2.73. The molecule has 0 aliphatic heterocycles. The maximum atomic E-state index is 12.7. The van der Waals surface area contributed by atoms with Gasteiger partial charge in [0.1, 0.15) is 6.54 Å². The molecule has 0 bridgehead atoms. The number of benzene rings is 2. The van der Waals surface area contributed by atoms with Crippen molar-refractivity contribution in [2.24, 2.45) is 4.99 Å². The molecule has 0 atom stereocenters. The number of nitrogens with zero attached hydrogens (tertiary/aromatic N) is 2. The molecule has 3 rings (SSSR count). The highest BCUT2D eigenvalue weighted by atomic mass is 32.1. The van der Waals surface area contributed by atoms with Gasteiger partial charge in [-0.3, -0.25) is 9.59 Å². The van der Waals surface area contributed by atoms with Crippen LogP contribution in [0.3, 0.4) is 0 Å². The van der Waals surface area contributed by atoms with E-state index in [0.29, 0.717) is 10.4 Å². The molecule has 0 aliphatic carbocycles. The van der Waals surface area contributed by atoms with Crippen LogP contribution in [0.1, 0.15) is 27.0 Å². The molecule has 0 aliphatic rings. The van der Waals surface area contributed by atoms with Gasteiger partial charge in [0.2, 0.25) is 0 Å². The van der Waals surface area contributed by atoms with Crippen LogP contribution in [-0.4, -0.2) is 23.6 Å². The fourth-order valence-corrected chi connectivity index (χ4v) is 3.98. The highest BCUT2D eigenvalue weighted by molar-refractivity contribution is 7.16. The van der Waals surface area contributed by atoms with Gasteiger partial charge in [-0.1, -0.05) is 35.6 Å². The van der Waals surface area contributed by atoms with Gasteiger partial charge < -0.3 is 9.30 Å². The molecule has 3 aromatic rings. The van der Waals surface area contributed by atoms with Gasteiger partial charge in [-0.2, -0.15) is 4.99 Å². The van der Waals surface area contributed by atoms with E-state index in [-0.39, 0.29) is 18.4 Å². The lowest BCUT2D eigenvalue weighted by atomic mass is 10.1. The lowest BCUT2D eigenvalue weighted by Crippen LogP contribution is -2.22. The van der Waals surface area contributed by atoms with Gasteiger partial charge in [0.25, 0.3) is 5.91 Å². The molecule has 0 radical (unpaired) electrons. The Bertz CT molecular complexity index is 1080. The van der Waals surface area contributed by atoms with E-state index in [9.17, 15) is 9.59 Å². The molecule has 2 aromatic carbocycles. The summed E-state index contributed by atoms with van der Waals surface area (Å²) < 4.78 is 7.58. The summed E-state index contributed by atoms with van der Waals surface area (Å²) in [7, 11) is 1.35. The molecule has 1 amide bonds. The third-order valence-electron chi connectivity index (χ3n) is 4.20. The lowest BCUT2D eigenvalue weighted by Gasteiger charge is -2.05. The smallest absolute Gasteiger partial charge is 0.325 e. The summed E-state index contributed by atoms with van der Waals surface area (Å²) >= 11 is 1.41. The second kappa shape index (κ2) is 7.25. The van der Waals surface area contributed by atoms with Gasteiger partial charge in [-0.05, 0) is 49.6 Å². The van der Waals surface area contributed by atoms with Crippen LogP contribution in [0.2, 0.25) is 0 Å². The average molecular weight is 368 g/mol. The van der Waals surface area contributed by atoms with Gasteiger partial charge in [-0.15, -0.1) is 0 Å². The van der Waals surface area contributed by atoms with Crippen LogP contribution < -0.4 is 4.80 Å². The normalized spacial score (nSPS) is 11.8. The van der Waals surface area contributed by atoms with Crippen LogP contribution in [-0.2, 0) is 16.1 Å². The number of esters is 1. The number of thiazole rings is 1. The third kappa shape index (κ3) is 3.46.